The van der Waals surface area contributed by atoms with E-state index in [1.807, 2.05) is 0 Å². The molecule has 6 nitrogen and oxygen atoms in total. The van der Waals surface area contributed by atoms with E-state index in [1.165, 1.54) is 141 Å². The van der Waals surface area contributed by atoms with E-state index in [2.05, 4.69) is 26.0 Å². The molecule has 1 unspecified atom stereocenters. The Labute approximate surface area is 297 Å². The van der Waals surface area contributed by atoms with Gasteiger partial charge in [0.05, 0.1) is 6.10 Å². The molecule has 0 aromatic heterocycles. The van der Waals surface area contributed by atoms with Gasteiger partial charge < -0.3 is 25.0 Å². The third-order valence-electron chi connectivity index (χ3n) is 10.4. The largest absolute Gasteiger partial charge is 0.388 e. The van der Waals surface area contributed by atoms with Crippen LogP contribution in [0.5, 0.6) is 0 Å². The highest BCUT2D eigenvalue weighted by atomic mass is 16.5. The Morgan fingerprint density at radius 1 is 0.521 bits per heavy atom. The van der Waals surface area contributed by atoms with Crippen molar-refractivity contribution < 1.29 is 24.9 Å². The normalized spacial score (nSPS) is 21.3. The molecule has 0 aromatic carbocycles. The van der Waals surface area contributed by atoms with Crippen LogP contribution in [-0.4, -0.2) is 63.3 Å². The molecule has 0 aromatic rings. The van der Waals surface area contributed by atoms with Crippen molar-refractivity contribution in [1.29, 1.82) is 0 Å². The summed E-state index contributed by atoms with van der Waals surface area (Å²) < 4.78 is 5.91. The van der Waals surface area contributed by atoms with Crippen LogP contribution in [0.15, 0.2) is 12.2 Å². The molecule has 0 bridgehead atoms. The number of aliphatic hydroxyl groups excluding tert-OH is 3. The molecule has 1 amide bonds. The summed E-state index contributed by atoms with van der Waals surface area (Å²) in [6, 6.07) is 0. The van der Waals surface area contributed by atoms with Gasteiger partial charge in [0, 0.05) is 13.0 Å². The molecular formula is C42H81NO5. The molecule has 5 atom stereocenters. The molecule has 6 heteroatoms. The van der Waals surface area contributed by atoms with Gasteiger partial charge in [-0.3, -0.25) is 4.79 Å². The van der Waals surface area contributed by atoms with E-state index < -0.39 is 30.6 Å². The summed E-state index contributed by atoms with van der Waals surface area (Å²) in [6.07, 6.45) is 36.3. The van der Waals surface area contributed by atoms with Crippen molar-refractivity contribution in [2.75, 3.05) is 6.54 Å². The lowest BCUT2D eigenvalue weighted by Crippen LogP contribution is -2.62. The van der Waals surface area contributed by atoms with Gasteiger partial charge in [-0.25, -0.2) is 0 Å². The van der Waals surface area contributed by atoms with Crippen LogP contribution in [0.25, 0.3) is 0 Å². The molecule has 1 saturated heterocycles. The van der Waals surface area contributed by atoms with Gasteiger partial charge >= 0.3 is 0 Å². The SMILES string of the molecule is CCCCCCCC/C=C\CCCCCCCC(=O)N(CCCCCCCCCCCCCCCCCC)C1O[C@H](C)[C@H](O)[C@H](O)[C@H]1O. The van der Waals surface area contributed by atoms with Gasteiger partial charge in [0.1, 0.15) is 18.3 Å². The number of rotatable bonds is 33. The minimum Gasteiger partial charge on any atom is -0.388 e. The smallest absolute Gasteiger partial charge is 0.224 e. The average Bonchev–Trinajstić information content (AvgIpc) is 3.08. The fourth-order valence-electron chi connectivity index (χ4n) is 7.00. The van der Waals surface area contributed by atoms with Crippen LogP contribution in [0, 0.1) is 0 Å². The van der Waals surface area contributed by atoms with E-state index in [-0.39, 0.29) is 5.91 Å². The van der Waals surface area contributed by atoms with Gasteiger partial charge in [0.25, 0.3) is 0 Å². The Hall–Kier alpha value is -0.950. The summed E-state index contributed by atoms with van der Waals surface area (Å²) in [7, 11) is 0. The van der Waals surface area contributed by atoms with Crippen LogP contribution >= 0.6 is 0 Å². The second-order valence-corrected chi connectivity index (χ2v) is 14.9. The number of allylic oxidation sites excluding steroid dienone is 2. The number of carbonyl (C=O) groups excluding carboxylic acids is 1. The zero-order chi connectivity index (χ0) is 35.1. The Morgan fingerprint density at radius 2 is 0.896 bits per heavy atom. The van der Waals surface area contributed by atoms with Crippen molar-refractivity contribution in [1.82, 2.24) is 4.90 Å². The van der Waals surface area contributed by atoms with E-state index in [0.717, 1.165) is 44.9 Å². The predicted molar refractivity (Wildman–Crippen MR) is 203 cm³/mol. The minimum absolute atomic E-state index is 0.0200. The number of hydrogen-bond donors (Lipinski definition) is 3. The van der Waals surface area contributed by atoms with E-state index in [9.17, 15) is 20.1 Å². The fraction of sp³-hybridized carbons (Fsp3) is 0.929. The van der Waals surface area contributed by atoms with E-state index in [4.69, 9.17) is 4.74 Å². The number of amides is 1. The first-order valence-electron chi connectivity index (χ1n) is 21.1. The molecular weight excluding hydrogens is 598 g/mol. The average molecular weight is 680 g/mol. The molecule has 1 fully saturated rings. The first kappa shape index (κ1) is 45.1. The zero-order valence-corrected chi connectivity index (χ0v) is 32.1. The summed E-state index contributed by atoms with van der Waals surface area (Å²) in [5, 5.41) is 31.4. The summed E-state index contributed by atoms with van der Waals surface area (Å²) in [6.45, 7) is 6.74. The summed E-state index contributed by atoms with van der Waals surface area (Å²) in [4.78, 5) is 15.0. The van der Waals surface area contributed by atoms with Gasteiger partial charge in [0.15, 0.2) is 6.23 Å². The van der Waals surface area contributed by atoms with Crippen LogP contribution in [0.3, 0.4) is 0 Å². The van der Waals surface area contributed by atoms with Crippen molar-refractivity contribution in [2.45, 2.75) is 244 Å². The molecule has 284 valence electrons. The summed E-state index contributed by atoms with van der Waals surface area (Å²) in [5.74, 6) is -0.0200. The first-order chi connectivity index (χ1) is 23.4. The van der Waals surface area contributed by atoms with Crippen molar-refractivity contribution in [3.8, 4) is 0 Å². The Bertz CT molecular complexity index is 746. The van der Waals surface area contributed by atoms with Gasteiger partial charge in [-0.2, -0.15) is 0 Å². The lowest BCUT2D eigenvalue weighted by Gasteiger charge is -2.44. The topological polar surface area (TPSA) is 90.2 Å². The molecule has 0 spiro atoms. The maximum atomic E-state index is 13.4. The van der Waals surface area contributed by atoms with Gasteiger partial charge in [-0.05, 0) is 45.4 Å². The quantitative estimate of drug-likeness (QED) is 0.0474. The van der Waals surface area contributed by atoms with Crippen molar-refractivity contribution in [2.24, 2.45) is 0 Å². The summed E-state index contributed by atoms with van der Waals surface area (Å²) >= 11 is 0. The van der Waals surface area contributed by atoms with E-state index in [1.54, 1.807) is 11.8 Å². The Balaban J connectivity index is 2.25. The molecule has 1 heterocycles. The Kier molecular flexibility index (Phi) is 30.0. The highest BCUT2D eigenvalue weighted by Gasteiger charge is 2.45. The van der Waals surface area contributed by atoms with Crippen molar-refractivity contribution in [3.63, 3.8) is 0 Å². The Morgan fingerprint density at radius 3 is 1.33 bits per heavy atom. The molecule has 0 aliphatic carbocycles. The second-order valence-electron chi connectivity index (χ2n) is 14.9. The fourth-order valence-corrected chi connectivity index (χ4v) is 7.00. The van der Waals surface area contributed by atoms with Gasteiger partial charge in [0.2, 0.25) is 5.91 Å². The second kappa shape index (κ2) is 32.0. The monoisotopic (exact) mass is 680 g/mol. The van der Waals surface area contributed by atoms with E-state index >= 15 is 0 Å². The van der Waals surface area contributed by atoms with Crippen LogP contribution in [0.2, 0.25) is 0 Å². The molecule has 0 radical (unpaired) electrons. The number of hydrogen-bond acceptors (Lipinski definition) is 5. The molecule has 1 aliphatic rings. The highest BCUT2D eigenvalue weighted by molar-refractivity contribution is 5.76. The third-order valence-corrected chi connectivity index (χ3v) is 10.4. The maximum Gasteiger partial charge on any atom is 0.224 e. The maximum absolute atomic E-state index is 13.4. The molecule has 48 heavy (non-hydrogen) atoms. The first-order valence-corrected chi connectivity index (χ1v) is 21.1. The molecule has 3 N–H and O–H groups in total. The highest BCUT2D eigenvalue weighted by Crippen LogP contribution is 2.25. The van der Waals surface area contributed by atoms with Crippen LogP contribution < -0.4 is 0 Å². The number of ether oxygens (including phenoxy) is 1. The van der Waals surface area contributed by atoms with E-state index in [0.29, 0.717) is 13.0 Å². The van der Waals surface area contributed by atoms with Crippen LogP contribution in [-0.2, 0) is 9.53 Å². The van der Waals surface area contributed by atoms with Gasteiger partial charge in [-0.1, -0.05) is 174 Å². The lowest BCUT2D eigenvalue weighted by molar-refractivity contribution is -0.253. The summed E-state index contributed by atoms with van der Waals surface area (Å²) in [5.41, 5.74) is 0. The number of unbranched alkanes of at least 4 members (excludes halogenated alkanes) is 26. The van der Waals surface area contributed by atoms with Gasteiger partial charge in [-0.15, -0.1) is 0 Å². The predicted octanol–water partition coefficient (Wildman–Crippen LogP) is 10.9. The number of carbonyl (C=O) groups is 1. The third kappa shape index (κ3) is 22.7. The number of aliphatic hydroxyl groups is 3. The standard InChI is InChI=1S/C42H81NO5/c1-4-6-8-10-12-14-16-18-20-22-24-26-28-30-32-34-36-43(42-41(47)40(46)39(45)37(3)48-42)38(44)35-33-31-29-27-25-23-21-19-17-15-13-11-9-7-5-2/h19,21,37,39-42,45-47H,4-18,20,22-36H2,1-3H3/b21-19-/t37-,39+,40+,41-,42?/m1/s1. The lowest BCUT2D eigenvalue weighted by atomic mass is 9.97. The van der Waals surface area contributed by atoms with Crippen LogP contribution in [0.4, 0.5) is 0 Å². The number of nitrogens with zero attached hydrogens (tertiary/aromatic N) is 1. The van der Waals surface area contributed by atoms with Crippen LogP contribution in [0.1, 0.15) is 213 Å². The molecule has 1 aliphatic heterocycles. The van der Waals surface area contributed by atoms with Crippen molar-refractivity contribution in [3.05, 3.63) is 12.2 Å². The zero-order valence-electron chi connectivity index (χ0n) is 32.1. The molecule has 1 rings (SSSR count). The van der Waals surface area contributed by atoms with Crippen molar-refractivity contribution >= 4 is 5.91 Å². The molecule has 0 saturated carbocycles. The minimum atomic E-state index is -1.32.